The number of nitrogen functional groups attached to an aromatic ring is 1. The molecule has 0 aliphatic heterocycles. The fraction of sp³-hybridized carbons (Fsp3) is 0.0833. The maximum atomic E-state index is 11.9. The van der Waals surface area contributed by atoms with Gasteiger partial charge in [-0.3, -0.25) is 4.79 Å². The second kappa shape index (κ2) is 4.79. The first-order chi connectivity index (χ1) is 8.08. The number of H-pyrrole nitrogens is 1. The zero-order valence-electron chi connectivity index (χ0n) is 9.25. The molecule has 1 amide bonds. The normalized spacial score (nSPS) is 10.2. The van der Waals surface area contributed by atoms with Gasteiger partial charge in [0.25, 0.3) is 5.91 Å². The van der Waals surface area contributed by atoms with Gasteiger partial charge in [-0.1, -0.05) is 6.07 Å². The maximum absolute atomic E-state index is 11.9. The molecule has 2 rings (SSSR count). The van der Waals surface area contributed by atoms with Crippen LogP contribution in [-0.4, -0.2) is 10.9 Å². The summed E-state index contributed by atoms with van der Waals surface area (Å²) in [5, 5.41) is 2.85. The van der Waals surface area contributed by atoms with Gasteiger partial charge < -0.3 is 16.0 Å². The standard InChI is InChI=1S/C12H12IN3O/c1-7-9(13)3-2-4-10(7)16-12(17)11-5-8(14)6-15-11/h2-6,15H,14H2,1H3,(H,16,17). The van der Waals surface area contributed by atoms with Crippen LogP contribution in [0.15, 0.2) is 30.5 Å². The fourth-order valence-electron chi connectivity index (χ4n) is 1.47. The first kappa shape index (κ1) is 12.0. The van der Waals surface area contributed by atoms with E-state index in [0.29, 0.717) is 11.4 Å². The number of amides is 1. The number of rotatable bonds is 2. The van der Waals surface area contributed by atoms with Crippen molar-refractivity contribution in [2.45, 2.75) is 6.92 Å². The molecular weight excluding hydrogens is 329 g/mol. The van der Waals surface area contributed by atoms with Gasteiger partial charge in [0.1, 0.15) is 5.69 Å². The van der Waals surface area contributed by atoms with Crippen molar-refractivity contribution >= 4 is 39.9 Å². The molecular formula is C12H12IN3O. The Morgan fingerprint density at radius 1 is 1.47 bits per heavy atom. The van der Waals surface area contributed by atoms with E-state index in [1.807, 2.05) is 25.1 Å². The van der Waals surface area contributed by atoms with Crippen LogP contribution >= 0.6 is 22.6 Å². The zero-order chi connectivity index (χ0) is 12.4. The van der Waals surface area contributed by atoms with Gasteiger partial charge in [-0.05, 0) is 53.3 Å². The van der Waals surface area contributed by atoms with E-state index in [-0.39, 0.29) is 5.91 Å². The third-order valence-electron chi connectivity index (χ3n) is 2.47. The Hall–Kier alpha value is -1.50. The van der Waals surface area contributed by atoms with E-state index < -0.39 is 0 Å². The SMILES string of the molecule is Cc1c(I)cccc1NC(=O)c1cc(N)c[nH]1. The molecule has 1 aromatic heterocycles. The second-order valence-corrected chi connectivity index (χ2v) is 4.88. The van der Waals surface area contributed by atoms with Crippen molar-refractivity contribution in [1.29, 1.82) is 0 Å². The number of carbonyl (C=O) groups is 1. The smallest absolute Gasteiger partial charge is 0.272 e. The maximum Gasteiger partial charge on any atom is 0.272 e. The third kappa shape index (κ3) is 2.60. The number of nitrogens with one attached hydrogen (secondary N) is 2. The number of hydrogen-bond donors (Lipinski definition) is 3. The number of hydrogen-bond acceptors (Lipinski definition) is 2. The van der Waals surface area contributed by atoms with Gasteiger partial charge >= 0.3 is 0 Å². The Kier molecular flexibility index (Phi) is 3.37. The van der Waals surface area contributed by atoms with E-state index in [1.165, 1.54) is 0 Å². The van der Waals surface area contributed by atoms with Gasteiger partial charge in [-0.25, -0.2) is 0 Å². The average molecular weight is 341 g/mol. The summed E-state index contributed by atoms with van der Waals surface area (Å²) in [5.41, 5.74) is 8.43. The molecule has 1 heterocycles. The minimum Gasteiger partial charge on any atom is -0.397 e. The van der Waals surface area contributed by atoms with E-state index in [1.54, 1.807) is 12.3 Å². The van der Waals surface area contributed by atoms with Gasteiger partial charge in [0.15, 0.2) is 0 Å². The number of benzene rings is 1. The van der Waals surface area contributed by atoms with Gasteiger partial charge in [0, 0.05) is 21.1 Å². The molecule has 88 valence electrons. The Bertz CT molecular complexity index is 563. The highest BCUT2D eigenvalue weighted by molar-refractivity contribution is 14.1. The summed E-state index contributed by atoms with van der Waals surface area (Å²) in [4.78, 5) is 14.7. The van der Waals surface area contributed by atoms with Crippen LogP contribution in [-0.2, 0) is 0 Å². The number of aromatic nitrogens is 1. The molecule has 4 N–H and O–H groups in total. The van der Waals surface area contributed by atoms with E-state index >= 15 is 0 Å². The van der Waals surface area contributed by atoms with Crippen LogP contribution in [0.3, 0.4) is 0 Å². The van der Waals surface area contributed by atoms with E-state index in [9.17, 15) is 4.79 Å². The van der Waals surface area contributed by atoms with Crippen molar-refractivity contribution in [2.75, 3.05) is 11.1 Å². The van der Waals surface area contributed by atoms with E-state index in [2.05, 4.69) is 32.9 Å². The van der Waals surface area contributed by atoms with Gasteiger partial charge in [0.05, 0.1) is 0 Å². The highest BCUT2D eigenvalue weighted by atomic mass is 127. The van der Waals surface area contributed by atoms with Crippen molar-refractivity contribution in [3.63, 3.8) is 0 Å². The van der Waals surface area contributed by atoms with Crippen molar-refractivity contribution in [2.24, 2.45) is 0 Å². The molecule has 0 saturated heterocycles. The lowest BCUT2D eigenvalue weighted by Crippen LogP contribution is -2.13. The summed E-state index contributed by atoms with van der Waals surface area (Å²) in [6.07, 6.45) is 1.59. The molecule has 17 heavy (non-hydrogen) atoms. The van der Waals surface area contributed by atoms with Crippen molar-refractivity contribution in [1.82, 2.24) is 4.98 Å². The molecule has 0 aliphatic rings. The van der Waals surface area contributed by atoms with Crippen LogP contribution in [0.1, 0.15) is 16.1 Å². The first-order valence-corrected chi connectivity index (χ1v) is 6.16. The predicted octanol–water partition coefficient (Wildman–Crippen LogP) is 2.76. The lowest BCUT2D eigenvalue weighted by Gasteiger charge is -2.08. The highest BCUT2D eigenvalue weighted by Gasteiger charge is 2.10. The topological polar surface area (TPSA) is 70.9 Å². The van der Waals surface area contributed by atoms with Crippen molar-refractivity contribution in [3.05, 3.63) is 45.3 Å². The molecule has 0 unspecified atom stereocenters. The summed E-state index contributed by atoms with van der Waals surface area (Å²) >= 11 is 2.24. The molecule has 0 aliphatic carbocycles. The molecule has 5 heteroatoms. The predicted molar refractivity (Wildman–Crippen MR) is 77.1 cm³/mol. The van der Waals surface area contributed by atoms with Crippen molar-refractivity contribution in [3.8, 4) is 0 Å². The average Bonchev–Trinajstić information content (AvgIpc) is 2.72. The fourth-order valence-corrected chi connectivity index (χ4v) is 1.97. The Labute approximate surface area is 113 Å². The van der Waals surface area contributed by atoms with Gasteiger partial charge in [-0.15, -0.1) is 0 Å². The van der Waals surface area contributed by atoms with E-state index in [0.717, 1.165) is 14.8 Å². The summed E-state index contributed by atoms with van der Waals surface area (Å²) in [5.74, 6) is -0.188. The Balaban J connectivity index is 2.21. The molecule has 1 aromatic carbocycles. The van der Waals surface area contributed by atoms with Gasteiger partial charge in [0.2, 0.25) is 0 Å². The molecule has 0 radical (unpaired) electrons. The van der Waals surface area contributed by atoms with Crippen LogP contribution in [0, 0.1) is 10.5 Å². The van der Waals surface area contributed by atoms with Crippen LogP contribution in [0.4, 0.5) is 11.4 Å². The zero-order valence-corrected chi connectivity index (χ0v) is 11.4. The molecule has 0 spiro atoms. The summed E-state index contributed by atoms with van der Waals surface area (Å²) in [6, 6.07) is 7.39. The minimum atomic E-state index is -0.188. The number of aromatic amines is 1. The molecule has 4 nitrogen and oxygen atoms in total. The van der Waals surface area contributed by atoms with Crippen LogP contribution < -0.4 is 11.1 Å². The highest BCUT2D eigenvalue weighted by Crippen LogP contribution is 2.21. The lowest BCUT2D eigenvalue weighted by atomic mass is 10.2. The van der Waals surface area contributed by atoms with Crippen LogP contribution in [0.5, 0.6) is 0 Å². The number of nitrogens with two attached hydrogens (primary N) is 1. The van der Waals surface area contributed by atoms with Crippen LogP contribution in [0.25, 0.3) is 0 Å². The van der Waals surface area contributed by atoms with E-state index in [4.69, 9.17) is 5.73 Å². The van der Waals surface area contributed by atoms with Gasteiger partial charge in [-0.2, -0.15) is 0 Å². The monoisotopic (exact) mass is 341 g/mol. The molecule has 0 fully saturated rings. The second-order valence-electron chi connectivity index (χ2n) is 3.71. The Morgan fingerprint density at radius 3 is 2.88 bits per heavy atom. The molecule has 0 bridgehead atoms. The number of anilines is 2. The minimum absolute atomic E-state index is 0.188. The first-order valence-electron chi connectivity index (χ1n) is 5.08. The summed E-state index contributed by atoms with van der Waals surface area (Å²) in [6.45, 7) is 1.97. The lowest BCUT2D eigenvalue weighted by molar-refractivity contribution is 0.102. The summed E-state index contributed by atoms with van der Waals surface area (Å²) in [7, 11) is 0. The Morgan fingerprint density at radius 2 is 2.24 bits per heavy atom. The molecule has 2 aromatic rings. The number of carbonyl (C=O) groups excluding carboxylic acids is 1. The quantitative estimate of drug-likeness (QED) is 0.735. The molecule has 0 atom stereocenters. The number of halogens is 1. The molecule has 0 saturated carbocycles. The van der Waals surface area contributed by atoms with Crippen LogP contribution in [0.2, 0.25) is 0 Å². The largest absolute Gasteiger partial charge is 0.397 e. The van der Waals surface area contributed by atoms with Crippen molar-refractivity contribution < 1.29 is 4.79 Å². The summed E-state index contributed by atoms with van der Waals surface area (Å²) < 4.78 is 1.12. The third-order valence-corrected chi connectivity index (χ3v) is 3.63.